The second-order valence-corrected chi connectivity index (χ2v) is 1.06. The smallest absolute Gasteiger partial charge is 0.237 e. The number of hydrogen-bond acceptors (Lipinski definition) is 3. The Labute approximate surface area is 41.2 Å². The van der Waals surface area contributed by atoms with Crippen LogP contribution in [0.1, 0.15) is 6.42 Å². The second-order valence-electron chi connectivity index (χ2n) is 1.06. The summed E-state index contributed by atoms with van der Waals surface area (Å²) < 4.78 is 0. The summed E-state index contributed by atoms with van der Waals surface area (Å²) in [6.07, 6.45) is 0.427. The number of nitriles is 1. The molecule has 7 heavy (non-hydrogen) atoms. The number of oxime groups is 1. The molecule has 0 amide bonds. The highest BCUT2D eigenvalue weighted by Crippen LogP contribution is 2.01. The molecule has 1 rings (SSSR count). The van der Waals surface area contributed by atoms with Gasteiger partial charge in [-0.15, -0.1) is 0 Å². The molecule has 2 radical (unpaired) electrons. The molecule has 0 aromatic carbocycles. The highest BCUT2D eigenvalue weighted by atomic mass is 16.6. The van der Waals surface area contributed by atoms with Crippen LogP contribution in [0.15, 0.2) is 5.16 Å². The van der Waals surface area contributed by atoms with Gasteiger partial charge in [-0.2, -0.15) is 5.26 Å². The first-order valence-electron chi connectivity index (χ1n) is 1.79. The summed E-state index contributed by atoms with van der Waals surface area (Å²) in [6, 6.07) is 1.83. The quantitative estimate of drug-likeness (QED) is 0.434. The summed E-state index contributed by atoms with van der Waals surface area (Å²) in [4.78, 5) is 4.26. The highest BCUT2D eigenvalue weighted by molar-refractivity contribution is 5.99. The molecule has 0 aromatic heterocycles. The van der Waals surface area contributed by atoms with Gasteiger partial charge >= 0.3 is 0 Å². The van der Waals surface area contributed by atoms with Crippen LogP contribution in [0.2, 0.25) is 0 Å². The monoisotopic (exact) mass is 94.0 g/mol. The third kappa shape index (κ3) is 0.686. The van der Waals surface area contributed by atoms with Gasteiger partial charge in [0.1, 0.15) is 6.07 Å². The summed E-state index contributed by atoms with van der Waals surface area (Å²) >= 11 is 0. The molecule has 0 N–H and O–H groups in total. The summed E-state index contributed by atoms with van der Waals surface area (Å²) in [7, 11) is 0. The van der Waals surface area contributed by atoms with E-state index in [1.165, 1.54) is 0 Å². The van der Waals surface area contributed by atoms with E-state index in [9.17, 15) is 0 Å². The third-order valence-electron chi connectivity index (χ3n) is 0.589. The molecule has 3 heteroatoms. The molecule has 0 atom stereocenters. The normalized spacial score (nSPS) is 17.3. The van der Waals surface area contributed by atoms with Crippen LogP contribution in [0.4, 0.5) is 0 Å². The summed E-state index contributed by atoms with van der Waals surface area (Å²) in [6.45, 7) is 2.40. The standard InChI is InChI=1S/C4H2N2O/c5-3-4-1-2-7-6-4/h1H2. The molecule has 1 heterocycles. The van der Waals surface area contributed by atoms with Gasteiger partial charge in [-0.25, -0.2) is 0 Å². The van der Waals surface area contributed by atoms with Crippen molar-refractivity contribution in [1.29, 1.82) is 5.26 Å². The number of nitrogens with zero attached hydrogens (tertiary/aromatic N) is 2. The first-order chi connectivity index (χ1) is 3.43. The number of rotatable bonds is 0. The Hall–Kier alpha value is -1.04. The average Bonchev–Trinajstić information content (AvgIpc) is 2.14. The minimum atomic E-state index is 0.389. The van der Waals surface area contributed by atoms with Gasteiger partial charge in [0, 0.05) is 0 Å². The predicted molar refractivity (Wildman–Crippen MR) is 22.0 cm³/mol. The molecule has 34 valence electrons. The van der Waals surface area contributed by atoms with Gasteiger partial charge in [0.05, 0.1) is 6.42 Å². The van der Waals surface area contributed by atoms with E-state index in [0.29, 0.717) is 12.1 Å². The topological polar surface area (TPSA) is 45.4 Å². The minimum absolute atomic E-state index is 0.389. The van der Waals surface area contributed by atoms with Crippen molar-refractivity contribution >= 4 is 5.71 Å². The van der Waals surface area contributed by atoms with Crippen molar-refractivity contribution in [1.82, 2.24) is 0 Å². The van der Waals surface area contributed by atoms with Crippen molar-refractivity contribution in [3.8, 4) is 6.07 Å². The van der Waals surface area contributed by atoms with Crippen LogP contribution in [0.5, 0.6) is 0 Å². The van der Waals surface area contributed by atoms with Crippen molar-refractivity contribution in [2.24, 2.45) is 5.16 Å². The molecule has 1 aliphatic heterocycles. The van der Waals surface area contributed by atoms with Crippen LogP contribution in [0.25, 0.3) is 0 Å². The lowest BCUT2D eigenvalue weighted by atomic mass is 10.3. The molecule has 0 saturated carbocycles. The molecular formula is C4H2N2O. The van der Waals surface area contributed by atoms with Crippen molar-refractivity contribution in [2.45, 2.75) is 6.42 Å². The third-order valence-corrected chi connectivity index (χ3v) is 0.589. The molecule has 0 fully saturated rings. The molecule has 1 aliphatic rings. The summed E-state index contributed by atoms with van der Waals surface area (Å²) in [5.74, 6) is 0. The number of hydrogen-bond donors (Lipinski definition) is 0. The van der Waals surface area contributed by atoms with Crippen LogP contribution >= 0.6 is 0 Å². The van der Waals surface area contributed by atoms with Crippen LogP contribution in [-0.4, -0.2) is 5.71 Å². The van der Waals surface area contributed by atoms with Gasteiger partial charge in [-0.1, -0.05) is 5.16 Å². The zero-order chi connectivity index (χ0) is 5.11. The fraction of sp³-hybridized carbons (Fsp3) is 0.250. The zero-order valence-corrected chi connectivity index (χ0v) is 3.51. The molecule has 0 spiro atoms. The van der Waals surface area contributed by atoms with Crippen molar-refractivity contribution in [2.75, 3.05) is 0 Å². The largest absolute Gasteiger partial charge is 0.379 e. The Bertz CT molecular complexity index is 133. The van der Waals surface area contributed by atoms with E-state index in [0.717, 1.165) is 0 Å². The van der Waals surface area contributed by atoms with E-state index in [4.69, 9.17) is 5.26 Å². The van der Waals surface area contributed by atoms with E-state index < -0.39 is 0 Å². The minimum Gasteiger partial charge on any atom is -0.379 e. The van der Waals surface area contributed by atoms with Crippen molar-refractivity contribution < 1.29 is 4.84 Å². The molecule has 0 aliphatic carbocycles. The Balaban J connectivity index is 2.57. The van der Waals surface area contributed by atoms with E-state index in [-0.39, 0.29) is 0 Å². The van der Waals surface area contributed by atoms with Gasteiger partial charge < -0.3 is 4.84 Å². The molecule has 0 saturated heterocycles. The lowest BCUT2D eigenvalue weighted by Crippen LogP contribution is -1.83. The molecule has 0 unspecified atom stereocenters. The molecule has 3 nitrogen and oxygen atoms in total. The van der Waals surface area contributed by atoms with E-state index in [2.05, 4.69) is 16.6 Å². The van der Waals surface area contributed by atoms with E-state index in [1.54, 1.807) is 0 Å². The SMILES string of the molecule is N#CC1=NO[C]C1. The van der Waals surface area contributed by atoms with Crippen molar-refractivity contribution in [3.05, 3.63) is 6.61 Å². The second kappa shape index (κ2) is 1.61. The highest BCUT2D eigenvalue weighted by Gasteiger charge is 2.06. The Morgan fingerprint density at radius 1 is 2.00 bits per heavy atom. The van der Waals surface area contributed by atoms with Gasteiger partial charge in [-0.05, 0) is 0 Å². The zero-order valence-electron chi connectivity index (χ0n) is 3.51. The van der Waals surface area contributed by atoms with E-state index >= 15 is 0 Å². The van der Waals surface area contributed by atoms with Gasteiger partial charge in [0.25, 0.3) is 0 Å². The molecule has 0 aromatic rings. The fourth-order valence-electron chi connectivity index (χ4n) is 0.280. The average molecular weight is 94.1 g/mol. The van der Waals surface area contributed by atoms with Crippen molar-refractivity contribution in [3.63, 3.8) is 0 Å². The summed E-state index contributed by atoms with van der Waals surface area (Å²) in [5, 5.41) is 11.4. The molecule has 0 bridgehead atoms. The predicted octanol–water partition coefficient (Wildman–Crippen LogP) is 0.325. The maximum atomic E-state index is 8.07. The Kier molecular flexibility index (Phi) is 0.947. The van der Waals surface area contributed by atoms with Crippen LogP contribution < -0.4 is 0 Å². The maximum absolute atomic E-state index is 8.07. The first kappa shape index (κ1) is 4.13. The van der Waals surface area contributed by atoms with Gasteiger partial charge in [0.15, 0.2) is 5.71 Å². The first-order valence-corrected chi connectivity index (χ1v) is 1.79. The van der Waals surface area contributed by atoms with Crippen LogP contribution in [0, 0.1) is 17.9 Å². The van der Waals surface area contributed by atoms with Gasteiger partial charge in [0.2, 0.25) is 6.61 Å². The van der Waals surface area contributed by atoms with Gasteiger partial charge in [-0.3, -0.25) is 0 Å². The Morgan fingerprint density at radius 3 is 3.14 bits per heavy atom. The fourth-order valence-corrected chi connectivity index (χ4v) is 0.280. The summed E-state index contributed by atoms with van der Waals surface area (Å²) in [5.41, 5.74) is 0.389. The molecular weight excluding hydrogens is 92.1 g/mol. The van der Waals surface area contributed by atoms with E-state index in [1.807, 2.05) is 6.07 Å². The van der Waals surface area contributed by atoms with Crippen LogP contribution in [0.3, 0.4) is 0 Å². The Morgan fingerprint density at radius 2 is 2.86 bits per heavy atom. The maximum Gasteiger partial charge on any atom is 0.237 e. The van der Waals surface area contributed by atoms with Crippen LogP contribution in [-0.2, 0) is 4.84 Å². The lowest BCUT2D eigenvalue weighted by molar-refractivity contribution is 0.234. The lowest BCUT2D eigenvalue weighted by Gasteiger charge is -1.71.